The summed E-state index contributed by atoms with van der Waals surface area (Å²) in [6.07, 6.45) is 4.03. The number of carbonyl (C=O) groups is 1. The summed E-state index contributed by atoms with van der Waals surface area (Å²) >= 11 is 3.53. The fourth-order valence-corrected chi connectivity index (χ4v) is 4.59. The highest BCUT2D eigenvalue weighted by molar-refractivity contribution is 9.10. The molecule has 1 aliphatic rings. The molecule has 0 aliphatic heterocycles. The lowest BCUT2D eigenvalue weighted by Gasteiger charge is -2.14. The van der Waals surface area contributed by atoms with Gasteiger partial charge >= 0.3 is 0 Å². The maximum absolute atomic E-state index is 13.1. The van der Waals surface area contributed by atoms with Crippen molar-refractivity contribution in [3.05, 3.63) is 75.8 Å². The highest BCUT2D eigenvalue weighted by Gasteiger charge is 2.25. The number of hydrogen-bond donors (Lipinski definition) is 1. The van der Waals surface area contributed by atoms with Gasteiger partial charge in [0.2, 0.25) is 0 Å². The van der Waals surface area contributed by atoms with Crippen LogP contribution in [0.1, 0.15) is 40.4 Å². The van der Waals surface area contributed by atoms with Crippen LogP contribution in [0.25, 0.3) is 16.7 Å². The molecule has 1 aliphatic carbocycles. The fraction of sp³-hybridized carbons (Fsp3) is 0.261. The molecular weight excluding hydrogens is 442 g/mol. The van der Waals surface area contributed by atoms with E-state index in [-0.39, 0.29) is 5.91 Å². The minimum Gasteiger partial charge on any atom is -0.343 e. The van der Waals surface area contributed by atoms with E-state index in [1.54, 1.807) is 0 Å². The van der Waals surface area contributed by atoms with Crippen LogP contribution < -0.4 is 5.32 Å². The van der Waals surface area contributed by atoms with Crippen LogP contribution in [0.5, 0.6) is 0 Å². The van der Waals surface area contributed by atoms with Gasteiger partial charge in [-0.1, -0.05) is 34.1 Å². The van der Waals surface area contributed by atoms with Crippen LogP contribution in [-0.2, 0) is 26.4 Å². The average molecular weight is 464 g/mol. The van der Waals surface area contributed by atoms with Crippen LogP contribution in [0.3, 0.4) is 0 Å². The second-order valence-corrected chi connectivity index (χ2v) is 8.55. The predicted octanol–water partition coefficient (Wildman–Crippen LogP) is 4.33. The number of aryl methyl sites for hydroxylation is 1. The van der Waals surface area contributed by atoms with Crippen molar-refractivity contribution < 1.29 is 4.79 Å². The molecule has 7 heteroatoms. The van der Waals surface area contributed by atoms with Crippen molar-refractivity contribution in [1.29, 1.82) is 0 Å². The summed E-state index contributed by atoms with van der Waals surface area (Å²) in [4.78, 5) is 17.7. The molecule has 2 aromatic heterocycles. The smallest absolute Gasteiger partial charge is 0.272 e. The van der Waals surface area contributed by atoms with Gasteiger partial charge in [0.05, 0.1) is 23.3 Å². The molecule has 0 fully saturated rings. The number of amides is 1. The summed E-state index contributed by atoms with van der Waals surface area (Å²) in [5, 5.41) is 7.77. The molecule has 152 valence electrons. The average Bonchev–Trinajstić information content (AvgIpc) is 3.31. The monoisotopic (exact) mass is 463 g/mol. The van der Waals surface area contributed by atoms with Crippen LogP contribution in [0, 0.1) is 0 Å². The van der Waals surface area contributed by atoms with Gasteiger partial charge in [0.1, 0.15) is 5.82 Å². The Morgan fingerprint density at radius 3 is 2.80 bits per heavy atom. The molecule has 0 saturated carbocycles. The van der Waals surface area contributed by atoms with Gasteiger partial charge in [0, 0.05) is 22.8 Å². The van der Waals surface area contributed by atoms with Crippen molar-refractivity contribution in [2.45, 2.75) is 32.2 Å². The molecule has 0 atom stereocenters. The van der Waals surface area contributed by atoms with Gasteiger partial charge in [-0.15, -0.1) is 0 Å². The molecule has 6 nitrogen and oxygen atoms in total. The first-order valence-corrected chi connectivity index (χ1v) is 11.0. The van der Waals surface area contributed by atoms with Gasteiger partial charge in [0.25, 0.3) is 5.91 Å². The first-order chi connectivity index (χ1) is 14.6. The van der Waals surface area contributed by atoms with E-state index in [0.717, 1.165) is 64.0 Å². The molecule has 30 heavy (non-hydrogen) atoms. The Balaban J connectivity index is 1.44. The van der Waals surface area contributed by atoms with E-state index < -0.39 is 0 Å². The Morgan fingerprint density at radius 1 is 1.13 bits per heavy atom. The molecule has 1 N–H and O–H groups in total. The molecule has 5 rings (SSSR count). The van der Waals surface area contributed by atoms with E-state index in [1.165, 1.54) is 0 Å². The van der Waals surface area contributed by atoms with Gasteiger partial charge < -0.3 is 9.88 Å². The van der Waals surface area contributed by atoms with Crippen molar-refractivity contribution in [3.63, 3.8) is 0 Å². The highest BCUT2D eigenvalue weighted by atomic mass is 79.9. The molecule has 2 heterocycles. The van der Waals surface area contributed by atoms with Crippen LogP contribution in [0.4, 0.5) is 0 Å². The molecule has 0 spiro atoms. The van der Waals surface area contributed by atoms with Gasteiger partial charge in [-0.05, 0) is 56.0 Å². The Morgan fingerprint density at radius 2 is 1.97 bits per heavy atom. The molecule has 4 aromatic rings. The molecule has 0 unspecified atom stereocenters. The largest absolute Gasteiger partial charge is 0.343 e. The lowest BCUT2D eigenvalue weighted by molar-refractivity contribution is 0.0943. The van der Waals surface area contributed by atoms with Crippen molar-refractivity contribution in [3.8, 4) is 5.69 Å². The van der Waals surface area contributed by atoms with Crippen LogP contribution >= 0.6 is 15.9 Å². The number of para-hydroxylation sites is 2. The summed E-state index contributed by atoms with van der Waals surface area (Å²) in [6.45, 7) is 0.364. The number of hydrogen-bond acceptors (Lipinski definition) is 3. The van der Waals surface area contributed by atoms with Gasteiger partial charge in [0.15, 0.2) is 5.69 Å². The zero-order valence-corrected chi connectivity index (χ0v) is 18.3. The Bertz CT molecular complexity index is 1260. The molecule has 2 aromatic carbocycles. The van der Waals surface area contributed by atoms with E-state index in [4.69, 9.17) is 5.10 Å². The lowest BCUT2D eigenvalue weighted by atomic mass is 9.95. The molecular formula is C23H22BrN5O. The third kappa shape index (κ3) is 3.33. The minimum absolute atomic E-state index is 0.144. The molecule has 0 saturated heterocycles. The maximum Gasteiger partial charge on any atom is 0.272 e. The number of rotatable bonds is 4. The Kier molecular flexibility index (Phi) is 4.90. The normalized spacial score (nSPS) is 13.4. The lowest BCUT2D eigenvalue weighted by Crippen LogP contribution is -2.26. The van der Waals surface area contributed by atoms with E-state index in [1.807, 2.05) is 64.8 Å². The van der Waals surface area contributed by atoms with Crippen molar-refractivity contribution in [1.82, 2.24) is 24.6 Å². The number of halogens is 1. The molecule has 0 bridgehead atoms. The zero-order valence-electron chi connectivity index (χ0n) is 16.7. The highest BCUT2D eigenvalue weighted by Crippen LogP contribution is 2.28. The minimum atomic E-state index is -0.144. The fourth-order valence-electron chi connectivity index (χ4n) is 4.20. The number of benzene rings is 2. The predicted molar refractivity (Wildman–Crippen MR) is 120 cm³/mol. The number of carbonyl (C=O) groups excluding carboxylic acids is 1. The van der Waals surface area contributed by atoms with Crippen molar-refractivity contribution in [2.75, 3.05) is 0 Å². The zero-order chi connectivity index (χ0) is 20.7. The number of aromatic nitrogens is 4. The Labute approximate surface area is 183 Å². The summed E-state index contributed by atoms with van der Waals surface area (Å²) in [6, 6.07) is 16.0. The summed E-state index contributed by atoms with van der Waals surface area (Å²) < 4.78 is 4.95. The molecule has 0 radical (unpaired) electrons. The van der Waals surface area contributed by atoms with E-state index in [2.05, 4.69) is 26.2 Å². The van der Waals surface area contributed by atoms with Crippen LogP contribution in [-0.4, -0.2) is 25.2 Å². The summed E-state index contributed by atoms with van der Waals surface area (Å²) in [5.41, 5.74) is 5.70. The Hall–Kier alpha value is -2.93. The topological polar surface area (TPSA) is 64.7 Å². The number of nitrogens with zero attached hydrogens (tertiary/aromatic N) is 4. The number of nitrogens with one attached hydrogen (secondary N) is 1. The van der Waals surface area contributed by atoms with Gasteiger partial charge in [-0.2, -0.15) is 5.10 Å². The second kappa shape index (κ2) is 7.72. The van der Waals surface area contributed by atoms with E-state index in [0.29, 0.717) is 12.2 Å². The van der Waals surface area contributed by atoms with Crippen LogP contribution in [0.2, 0.25) is 0 Å². The van der Waals surface area contributed by atoms with Gasteiger partial charge in [-0.25, -0.2) is 9.67 Å². The number of imidazole rings is 1. The SMILES string of the molecule is Cn1c(CNC(=O)c2nn(-c3cccc(Br)c3)c3c2CCCC3)nc2ccccc21. The molecule has 1 amide bonds. The first kappa shape index (κ1) is 19.1. The quantitative estimate of drug-likeness (QED) is 0.489. The first-order valence-electron chi connectivity index (χ1n) is 10.2. The third-order valence-electron chi connectivity index (χ3n) is 5.73. The van der Waals surface area contributed by atoms with Gasteiger partial charge in [-0.3, -0.25) is 4.79 Å². The van der Waals surface area contributed by atoms with E-state index >= 15 is 0 Å². The second-order valence-electron chi connectivity index (χ2n) is 7.63. The maximum atomic E-state index is 13.1. The van der Waals surface area contributed by atoms with Crippen molar-refractivity contribution >= 4 is 32.9 Å². The summed E-state index contributed by atoms with van der Waals surface area (Å²) in [7, 11) is 1.97. The third-order valence-corrected chi connectivity index (χ3v) is 6.23. The standard InChI is InChI=1S/C23H22BrN5O/c1-28-20-12-5-3-10-18(20)26-21(28)14-25-23(30)22-17-9-2-4-11-19(17)29(27-22)16-8-6-7-15(24)13-16/h3,5-8,10,12-13H,2,4,9,11,14H2,1H3,(H,25,30). The number of fused-ring (bicyclic) bond motifs is 2. The summed E-state index contributed by atoms with van der Waals surface area (Å²) in [5.74, 6) is 0.679. The van der Waals surface area contributed by atoms with E-state index in [9.17, 15) is 4.79 Å². The van der Waals surface area contributed by atoms with Crippen molar-refractivity contribution in [2.24, 2.45) is 7.05 Å². The van der Waals surface area contributed by atoms with Crippen LogP contribution in [0.15, 0.2) is 53.0 Å².